The number of carbonyl (C=O) groups excluding carboxylic acids is 1. The van der Waals surface area contributed by atoms with Crippen molar-refractivity contribution in [1.82, 2.24) is 10.2 Å². The minimum absolute atomic E-state index is 0.00471. The van der Waals surface area contributed by atoms with E-state index in [0.29, 0.717) is 13.2 Å². The molecule has 0 aliphatic heterocycles. The fourth-order valence-electron chi connectivity index (χ4n) is 2.68. The molecule has 2 rings (SSSR count). The summed E-state index contributed by atoms with van der Waals surface area (Å²) in [7, 11) is 3.48. The SMILES string of the molecule is COCC(Cc1ccccc1)N(C)C(=O)NCc1cccc(C)c1. The molecular weight excluding hydrogens is 300 g/mol. The van der Waals surface area contributed by atoms with Crippen LogP contribution in [-0.4, -0.2) is 37.7 Å². The molecule has 0 spiro atoms. The second-order valence-electron chi connectivity index (χ2n) is 6.06. The van der Waals surface area contributed by atoms with Crippen molar-refractivity contribution in [2.45, 2.75) is 25.9 Å². The van der Waals surface area contributed by atoms with Crippen LogP contribution in [-0.2, 0) is 17.7 Å². The number of hydrogen-bond acceptors (Lipinski definition) is 2. The molecule has 0 heterocycles. The van der Waals surface area contributed by atoms with Crippen molar-refractivity contribution in [2.75, 3.05) is 20.8 Å². The number of urea groups is 1. The molecule has 1 N–H and O–H groups in total. The number of amides is 2. The van der Waals surface area contributed by atoms with Gasteiger partial charge in [-0.1, -0.05) is 60.2 Å². The number of nitrogens with zero attached hydrogens (tertiary/aromatic N) is 1. The van der Waals surface area contributed by atoms with Gasteiger partial charge in [-0.05, 0) is 24.5 Å². The van der Waals surface area contributed by atoms with Crippen LogP contribution in [0, 0.1) is 6.92 Å². The predicted molar refractivity (Wildman–Crippen MR) is 97.0 cm³/mol. The second-order valence-corrected chi connectivity index (χ2v) is 6.06. The molecule has 4 heteroatoms. The van der Waals surface area contributed by atoms with E-state index in [0.717, 1.165) is 12.0 Å². The summed E-state index contributed by atoms with van der Waals surface area (Å²) in [5.41, 5.74) is 3.48. The quantitative estimate of drug-likeness (QED) is 0.847. The molecule has 0 bridgehead atoms. The van der Waals surface area contributed by atoms with E-state index in [9.17, 15) is 4.79 Å². The van der Waals surface area contributed by atoms with Crippen molar-refractivity contribution in [3.63, 3.8) is 0 Å². The summed E-state index contributed by atoms with van der Waals surface area (Å²) < 4.78 is 5.30. The van der Waals surface area contributed by atoms with Crippen LogP contribution in [0.15, 0.2) is 54.6 Å². The Kier molecular flexibility index (Phi) is 6.82. The summed E-state index contributed by atoms with van der Waals surface area (Å²) in [6.45, 7) is 3.07. The Morgan fingerprint density at radius 1 is 1.12 bits per heavy atom. The number of ether oxygens (including phenoxy) is 1. The molecule has 1 atom stereocenters. The highest BCUT2D eigenvalue weighted by Crippen LogP contribution is 2.09. The molecule has 0 radical (unpaired) electrons. The van der Waals surface area contributed by atoms with E-state index < -0.39 is 0 Å². The zero-order valence-electron chi connectivity index (χ0n) is 14.7. The minimum Gasteiger partial charge on any atom is -0.383 e. The molecule has 24 heavy (non-hydrogen) atoms. The van der Waals surface area contributed by atoms with Crippen LogP contribution in [0.4, 0.5) is 4.79 Å². The van der Waals surface area contributed by atoms with Crippen molar-refractivity contribution in [1.29, 1.82) is 0 Å². The van der Waals surface area contributed by atoms with Gasteiger partial charge in [0.25, 0.3) is 0 Å². The van der Waals surface area contributed by atoms with Crippen molar-refractivity contribution in [3.05, 3.63) is 71.3 Å². The molecule has 128 valence electrons. The number of nitrogens with one attached hydrogen (secondary N) is 1. The van der Waals surface area contributed by atoms with E-state index in [1.807, 2.05) is 50.4 Å². The average Bonchev–Trinajstić information content (AvgIpc) is 2.59. The monoisotopic (exact) mass is 326 g/mol. The van der Waals surface area contributed by atoms with E-state index in [1.165, 1.54) is 11.1 Å². The number of likely N-dealkylation sites (N-methyl/N-ethyl adjacent to an activating group) is 1. The first-order valence-corrected chi connectivity index (χ1v) is 8.19. The van der Waals surface area contributed by atoms with Gasteiger partial charge in [-0.15, -0.1) is 0 Å². The average molecular weight is 326 g/mol. The molecule has 4 nitrogen and oxygen atoms in total. The van der Waals surface area contributed by atoms with Crippen molar-refractivity contribution in [2.24, 2.45) is 0 Å². The Morgan fingerprint density at radius 3 is 2.50 bits per heavy atom. The van der Waals surface area contributed by atoms with Crippen molar-refractivity contribution < 1.29 is 9.53 Å². The van der Waals surface area contributed by atoms with Gasteiger partial charge in [0.2, 0.25) is 0 Å². The molecule has 1 unspecified atom stereocenters. The normalized spacial score (nSPS) is 11.8. The van der Waals surface area contributed by atoms with Crippen molar-refractivity contribution >= 4 is 6.03 Å². The lowest BCUT2D eigenvalue weighted by molar-refractivity contribution is 0.115. The molecule has 2 amide bonds. The summed E-state index contributed by atoms with van der Waals surface area (Å²) in [5.74, 6) is 0. The van der Waals surface area contributed by atoms with Crippen LogP contribution >= 0.6 is 0 Å². The Morgan fingerprint density at radius 2 is 1.83 bits per heavy atom. The van der Waals surface area contributed by atoms with Gasteiger partial charge in [0.15, 0.2) is 0 Å². The number of benzene rings is 2. The number of carbonyl (C=O) groups is 1. The Balaban J connectivity index is 1.95. The van der Waals surface area contributed by atoms with Crippen LogP contribution in [0.1, 0.15) is 16.7 Å². The maximum absolute atomic E-state index is 12.5. The van der Waals surface area contributed by atoms with Gasteiger partial charge in [-0.25, -0.2) is 4.79 Å². The fraction of sp³-hybridized carbons (Fsp3) is 0.350. The second kappa shape index (κ2) is 9.08. The summed E-state index contributed by atoms with van der Waals surface area (Å²) in [5, 5.41) is 2.98. The highest BCUT2D eigenvalue weighted by atomic mass is 16.5. The van der Waals surface area contributed by atoms with Gasteiger partial charge >= 0.3 is 6.03 Å². The summed E-state index contributed by atoms with van der Waals surface area (Å²) in [4.78, 5) is 14.2. The van der Waals surface area contributed by atoms with E-state index in [-0.39, 0.29) is 12.1 Å². The first-order valence-electron chi connectivity index (χ1n) is 8.19. The minimum atomic E-state index is -0.0884. The lowest BCUT2D eigenvalue weighted by atomic mass is 10.1. The molecule has 2 aromatic rings. The lowest BCUT2D eigenvalue weighted by Crippen LogP contribution is -2.46. The number of aryl methyl sites for hydroxylation is 1. The van der Waals surface area contributed by atoms with Gasteiger partial charge in [0.1, 0.15) is 0 Å². The summed E-state index contributed by atoms with van der Waals surface area (Å²) in [6.07, 6.45) is 0.767. The maximum Gasteiger partial charge on any atom is 0.317 e. The van der Waals surface area contributed by atoms with Crippen molar-refractivity contribution in [3.8, 4) is 0 Å². The summed E-state index contributed by atoms with van der Waals surface area (Å²) in [6, 6.07) is 18.2. The predicted octanol–water partition coefficient (Wildman–Crippen LogP) is 3.39. The Hall–Kier alpha value is -2.33. The topological polar surface area (TPSA) is 41.6 Å². The van der Waals surface area contributed by atoms with E-state index in [2.05, 4.69) is 23.5 Å². The van der Waals surface area contributed by atoms with Gasteiger partial charge in [0.05, 0.1) is 12.6 Å². The van der Waals surface area contributed by atoms with Crippen LogP contribution in [0.25, 0.3) is 0 Å². The van der Waals surface area contributed by atoms with Gasteiger partial charge in [-0.2, -0.15) is 0 Å². The molecule has 0 fully saturated rings. The summed E-state index contributed by atoms with van der Waals surface area (Å²) >= 11 is 0. The molecule has 0 aliphatic rings. The molecule has 2 aromatic carbocycles. The molecule has 0 saturated heterocycles. The van der Waals surface area contributed by atoms with Crippen LogP contribution < -0.4 is 5.32 Å². The molecule has 0 aliphatic carbocycles. The number of rotatable bonds is 7. The van der Waals surface area contributed by atoms with Gasteiger partial charge < -0.3 is 15.0 Å². The molecular formula is C20H26N2O2. The number of methoxy groups -OCH3 is 1. The highest BCUT2D eigenvalue weighted by molar-refractivity contribution is 5.74. The highest BCUT2D eigenvalue weighted by Gasteiger charge is 2.20. The van der Waals surface area contributed by atoms with Crippen LogP contribution in [0.2, 0.25) is 0 Å². The van der Waals surface area contributed by atoms with Gasteiger partial charge in [0, 0.05) is 20.7 Å². The van der Waals surface area contributed by atoms with E-state index in [4.69, 9.17) is 4.74 Å². The third-order valence-corrected chi connectivity index (χ3v) is 4.07. The first-order chi connectivity index (χ1) is 11.6. The largest absolute Gasteiger partial charge is 0.383 e. The lowest BCUT2D eigenvalue weighted by Gasteiger charge is -2.28. The molecule has 0 aromatic heterocycles. The Bertz CT molecular complexity index is 643. The van der Waals surface area contributed by atoms with Crippen LogP contribution in [0.3, 0.4) is 0 Å². The van der Waals surface area contributed by atoms with E-state index >= 15 is 0 Å². The zero-order chi connectivity index (χ0) is 17.4. The molecule has 0 saturated carbocycles. The standard InChI is InChI=1S/C20H26N2O2/c1-16-8-7-11-18(12-16)14-21-20(23)22(2)19(15-24-3)13-17-9-5-4-6-10-17/h4-12,19H,13-15H2,1-3H3,(H,21,23). The third-order valence-electron chi connectivity index (χ3n) is 4.07. The smallest absolute Gasteiger partial charge is 0.317 e. The van der Waals surface area contributed by atoms with Crippen LogP contribution in [0.5, 0.6) is 0 Å². The third kappa shape index (κ3) is 5.39. The number of hydrogen-bond donors (Lipinski definition) is 1. The van der Waals surface area contributed by atoms with E-state index in [1.54, 1.807) is 12.0 Å². The van der Waals surface area contributed by atoms with Gasteiger partial charge in [-0.3, -0.25) is 0 Å². The zero-order valence-corrected chi connectivity index (χ0v) is 14.7. The fourth-order valence-corrected chi connectivity index (χ4v) is 2.68. The Labute approximate surface area is 144 Å². The maximum atomic E-state index is 12.5. The first kappa shape index (κ1) is 18.0.